The smallest absolute Gasteiger partial charge is 0.237 e. The number of anilines is 1. The number of piperidine rings is 1. The van der Waals surface area contributed by atoms with Gasteiger partial charge in [-0.15, -0.1) is 12.4 Å². The third-order valence-electron chi connectivity index (χ3n) is 6.51. The molecule has 0 saturated carbocycles. The van der Waals surface area contributed by atoms with Gasteiger partial charge in [-0.05, 0) is 75.7 Å². The van der Waals surface area contributed by atoms with Gasteiger partial charge in [0.15, 0.2) is 17.4 Å². The van der Waals surface area contributed by atoms with E-state index in [2.05, 4.69) is 4.90 Å². The van der Waals surface area contributed by atoms with Gasteiger partial charge in [-0.2, -0.15) is 0 Å². The molecule has 1 amide bonds. The normalized spacial score (nSPS) is 18.4. The molecule has 2 aromatic carbocycles. The van der Waals surface area contributed by atoms with Gasteiger partial charge < -0.3 is 9.80 Å². The van der Waals surface area contributed by atoms with E-state index in [1.165, 1.54) is 29.2 Å². The van der Waals surface area contributed by atoms with Crippen molar-refractivity contribution in [1.82, 2.24) is 4.90 Å². The summed E-state index contributed by atoms with van der Waals surface area (Å²) in [5, 5.41) is 0. The lowest BCUT2D eigenvalue weighted by Gasteiger charge is -2.32. The van der Waals surface area contributed by atoms with Crippen molar-refractivity contribution in [2.75, 3.05) is 31.1 Å². The fourth-order valence-corrected chi connectivity index (χ4v) is 4.55. The highest BCUT2D eigenvalue weighted by Gasteiger charge is 2.44. The van der Waals surface area contributed by atoms with Crippen molar-refractivity contribution in [3.8, 4) is 0 Å². The van der Waals surface area contributed by atoms with Crippen molar-refractivity contribution < 1.29 is 22.8 Å². The number of carbonyl (C=O) groups excluding carboxylic acids is 2. The molecule has 172 valence electrons. The van der Waals surface area contributed by atoms with Gasteiger partial charge in [-0.1, -0.05) is 0 Å². The van der Waals surface area contributed by atoms with Crippen molar-refractivity contribution in [2.45, 2.75) is 32.1 Å². The van der Waals surface area contributed by atoms with Crippen LogP contribution in [0.4, 0.5) is 18.9 Å². The number of carbonyl (C=O) groups is 2. The number of benzene rings is 2. The fourth-order valence-electron chi connectivity index (χ4n) is 4.55. The molecule has 0 N–H and O–H groups in total. The molecule has 2 heterocycles. The van der Waals surface area contributed by atoms with E-state index in [9.17, 15) is 22.8 Å². The third kappa shape index (κ3) is 4.41. The van der Waals surface area contributed by atoms with Gasteiger partial charge in [0.25, 0.3) is 0 Å². The van der Waals surface area contributed by atoms with E-state index in [1.54, 1.807) is 13.8 Å². The molecule has 0 unspecified atom stereocenters. The molecule has 8 heteroatoms. The summed E-state index contributed by atoms with van der Waals surface area (Å²) in [6.45, 7) is 5.80. The molecule has 0 bridgehead atoms. The Morgan fingerprint density at radius 3 is 2.22 bits per heavy atom. The van der Waals surface area contributed by atoms with Crippen molar-refractivity contribution in [2.24, 2.45) is 5.92 Å². The molecule has 32 heavy (non-hydrogen) atoms. The van der Waals surface area contributed by atoms with Crippen LogP contribution in [-0.4, -0.2) is 42.8 Å². The number of likely N-dealkylation sites (tertiary alicyclic amines) is 1. The molecule has 2 aliphatic heterocycles. The number of hydrogen-bond donors (Lipinski definition) is 0. The van der Waals surface area contributed by atoms with E-state index in [1.807, 2.05) is 0 Å². The molecule has 0 atom stereocenters. The fraction of sp³-hybridized carbons (Fsp3) is 0.417. The minimum atomic E-state index is -0.964. The lowest BCUT2D eigenvalue weighted by atomic mass is 9.86. The van der Waals surface area contributed by atoms with Crippen LogP contribution >= 0.6 is 12.4 Å². The molecular weight excluding hydrogens is 441 g/mol. The van der Waals surface area contributed by atoms with Crippen LogP contribution in [0, 0.1) is 23.4 Å². The average molecular weight is 467 g/mol. The molecule has 0 spiro atoms. The molecule has 1 fully saturated rings. The minimum absolute atomic E-state index is 0. The van der Waals surface area contributed by atoms with Crippen molar-refractivity contribution in [3.63, 3.8) is 0 Å². The Kier molecular flexibility index (Phi) is 7.00. The van der Waals surface area contributed by atoms with E-state index in [0.717, 1.165) is 12.1 Å². The standard InChI is InChI=1S/C24H25F3N2O2.ClH/c1-24(2)18-13-19(26)20(27)14-21(18)29(23(24)31)12-11-28-9-7-16(8-10-28)22(30)15-3-5-17(25)6-4-15;/h3-6,13-14,16H,7-12H2,1-2H3;1H. The molecule has 2 aliphatic rings. The topological polar surface area (TPSA) is 40.6 Å². The first-order valence-electron chi connectivity index (χ1n) is 10.5. The lowest BCUT2D eigenvalue weighted by molar-refractivity contribution is -0.122. The van der Waals surface area contributed by atoms with E-state index in [-0.39, 0.29) is 35.8 Å². The van der Waals surface area contributed by atoms with Crippen LogP contribution in [0.2, 0.25) is 0 Å². The number of hydrogen-bond acceptors (Lipinski definition) is 3. The van der Waals surface area contributed by atoms with Crippen molar-refractivity contribution in [1.29, 1.82) is 0 Å². The zero-order valence-electron chi connectivity index (χ0n) is 18.0. The molecule has 0 aromatic heterocycles. The van der Waals surface area contributed by atoms with Crippen molar-refractivity contribution >= 4 is 29.8 Å². The number of ketones is 1. The highest BCUT2D eigenvalue weighted by molar-refractivity contribution is 6.07. The predicted molar refractivity (Wildman–Crippen MR) is 119 cm³/mol. The number of nitrogens with zero attached hydrogens (tertiary/aromatic N) is 2. The lowest BCUT2D eigenvalue weighted by Crippen LogP contribution is -2.43. The molecule has 0 radical (unpaired) electrons. The molecular formula is C24H26ClF3N2O2. The summed E-state index contributed by atoms with van der Waals surface area (Å²) in [5.41, 5.74) is 0.546. The minimum Gasteiger partial charge on any atom is -0.310 e. The van der Waals surface area contributed by atoms with Crippen molar-refractivity contribution in [3.05, 3.63) is 65.0 Å². The summed E-state index contributed by atoms with van der Waals surface area (Å²) < 4.78 is 40.6. The van der Waals surface area contributed by atoms with Gasteiger partial charge in [0.1, 0.15) is 5.82 Å². The highest BCUT2D eigenvalue weighted by Crippen LogP contribution is 2.42. The first-order chi connectivity index (χ1) is 14.7. The van der Waals surface area contributed by atoms with E-state index in [4.69, 9.17) is 0 Å². The predicted octanol–water partition coefficient (Wildman–Crippen LogP) is 4.74. The van der Waals surface area contributed by atoms with Crippen LogP contribution < -0.4 is 4.90 Å². The Bertz CT molecular complexity index is 1020. The number of fused-ring (bicyclic) bond motifs is 1. The maximum absolute atomic E-state index is 13.8. The summed E-state index contributed by atoms with van der Waals surface area (Å²) >= 11 is 0. The Balaban J connectivity index is 0.00000289. The highest BCUT2D eigenvalue weighted by atomic mass is 35.5. The van der Waals surface area contributed by atoms with E-state index in [0.29, 0.717) is 55.8 Å². The molecule has 4 nitrogen and oxygen atoms in total. The Hall–Kier alpha value is -2.38. The summed E-state index contributed by atoms with van der Waals surface area (Å²) in [4.78, 5) is 29.2. The zero-order chi connectivity index (χ0) is 22.3. The van der Waals surface area contributed by atoms with Gasteiger partial charge in [-0.3, -0.25) is 9.59 Å². The van der Waals surface area contributed by atoms with Crippen LogP contribution in [0.3, 0.4) is 0 Å². The number of halogens is 4. The third-order valence-corrected chi connectivity index (χ3v) is 6.51. The largest absolute Gasteiger partial charge is 0.310 e. The zero-order valence-corrected chi connectivity index (χ0v) is 18.9. The maximum Gasteiger partial charge on any atom is 0.237 e. The SMILES string of the molecule is CC1(C)C(=O)N(CCN2CCC(C(=O)c3ccc(F)cc3)CC2)c2cc(F)c(F)cc21.Cl. The average Bonchev–Trinajstić information content (AvgIpc) is 2.93. The van der Waals surface area contributed by atoms with Gasteiger partial charge >= 0.3 is 0 Å². The van der Waals surface area contributed by atoms with Crippen LogP contribution in [-0.2, 0) is 10.2 Å². The molecule has 4 rings (SSSR count). The van der Waals surface area contributed by atoms with E-state index < -0.39 is 17.0 Å². The summed E-state index contributed by atoms with van der Waals surface area (Å²) in [7, 11) is 0. The number of amides is 1. The number of Topliss-reactive ketones (excluding diaryl/α,β-unsaturated/α-hetero) is 1. The quantitative estimate of drug-likeness (QED) is 0.597. The molecule has 1 saturated heterocycles. The van der Waals surface area contributed by atoms with E-state index >= 15 is 0 Å². The Labute approximate surface area is 191 Å². The second-order valence-corrected chi connectivity index (χ2v) is 8.85. The summed E-state index contributed by atoms with van der Waals surface area (Å²) in [6, 6.07) is 7.85. The van der Waals surface area contributed by atoms with Gasteiger partial charge in [-0.25, -0.2) is 13.2 Å². The van der Waals surface area contributed by atoms with Crippen LogP contribution in [0.5, 0.6) is 0 Å². The monoisotopic (exact) mass is 466 g/mol. The van der Waals surface area contributed by atoms with Gasteiger partial charge in [0, 0.05) is 30.6 Å². The second kappa shape index (κ2) is 9.24. The van der Waals surface area contributed by atoms with Crippen LogP contribution in [0.1, 0.15) is 42.6 Å². The Morgan fingerprint density at radius 2 is 1.59 bits per heavy atom. The maximum atomic E-state index is 13.8. The first-order valence-corrected chi connectivity index (χ1v) is 10.5. The van der Waals surface area contributed by atoms with Gasteiger partial charge in [0.05, 0.1) is 11.1 Å². The Morgan fingerprint density at radius 1 is 1.00 bits per heavy atom. The van der Waals surface area contributed by atoms with Crippen LogP contribution in [0.15, 0.2) is 36.4 Å². The first kappa shape index (κ1) is 24.3. The number of rotatable bonds is 5. The summed E-state index contributed by atoms with van der Waals surface area (Å²) in [5.74, 6) is -2.53. The molecule has 0 aliphatic carbocycles. The van der Waals surface area contributed by atoms with Gasteiger partial charge in [0.2, 0.25) is 5.91 Å². The molecule has 2 aromatic rings. The second-order valence-electron chi connectivity index (χ2n) is 8.85. The summed E-state index contributed by atoms with van der Waals surface area (Å²) in [6.07, 6.45) is 1.37. The van der Waals surface area contributed by atoms with Crippen LogP contribution in [0.25, 0.3) is 0 Å².